The third kappa shape index (κ3) is 3.36. The molecule has 120 valence electrons. The van der Waals surface area contributed by atoms with E-state index >= 15 is 0 Å². The Hall–Kier alpha value is -2.93. The van der Waals surface area contributed by atoms with Gasteiger partial charge in [-0.15, -0.1) is 12.6 Å². The van der Waals surface area contributed by atoms with E-state index in [1.165, 1.54) is 24.5 Å². The summed E-state index contributed by atoms with van der Waals surface area (Å²) in [7, 11) is 0. The van der Waals surface area contributed by atoms with E-state index in [0.717, 1.165) is 0 Å². The largest absolute Gasteiger partial charge is 0.478 e. The number of carbonyl (C=O) groups is 1. The Kier molecular flexibility index (Phi) is 4.43. The lowest BCUT2D eigenvalue weighted by molar-refractivity contribution is 0.0697. The Morgan fingerprint density at radius 3 is 2.50 bits per heavy atom. The molecule has 0 amide bonds. The van der Waals surface area contributed by atoms with Crippen molar-refractivity contribution in [2.45, 2.75) is 4.90 Å². The molecule has 5 nitrogen and oxygen atoms in total. The average molecular weight is 341 g/mol. The summed E-state index contributed by atoms with van der Waals surface area (Å²) < 4.78 is 13.7. The molecule has 0 bridgehead atoms. The quantitative estimate of drug-likeness (QED) is 0.625. The monoisotopic (exact) mass is 341 g/mol. The third-order valence-electron chi connectivity index (χ3n) is 3.28. The molecule has 2 N–H and O–H groups in total. The number of halogens is 1. The Morgan fingerprint density at radius 2 is 1.83 bits per heavy atom. The maximum absolute atomic E-state index is 13.7. The second-order valence-electron chi connectivity index (χ2n) is 4.94. The first-order chi connectivity index (χ1) is 11.5. The highest BCUT2D eigenvalue weighted by Gasteiger charge is 2.12. The van der Waals surface area contributed by atoms with Crippen LogP contribution in [0.1, 0.15) is 10.4 Å². The standard InChI is InChI=1S/C17H12FN3O2S/c18-14-4-2-1-3-12(14)16-19-8-10(9-20-16)21-15-6-5-11(24)7-13(15)17(22)23/h1-9,21,24H,(H,22,23). The van der Waals surface area contributed by atoms with Crippen molar-refractivity contribution in [3.8, 4) is 11.4 Å². The van der Waals surface area contributed by atoms with Gasteiger partial charge in [-0.2, -0.15) is 0 Å². The first-order valence-corrected chi connectivity index (χ1v) is 7.39. The van der Waals surface area contributed by atoms with Gasteiger partial charge in [0.2, 0.25) is 0 Å². The summed E-state index contributed by atoms with van der Waals surface area (Å²) in [6.45, 7) is 0. The summed E-state index contributed by atoms with van der Waals surface area (Å²) in [5, 5.41) is 12.2. The van der Waals surface area contributed by atoms with E-state index in [2.05, 4.69) is 27.9 Å². The van der Waals surface area contributed by atoms with Gasteiger partial charge in [-0.05, 0) is 30.3 Å². The molecule has 0 saturated heterocycles. The topological polar surface area (TPSA) is 75.1 Å². The fraction of sp³-hybridized carbons (Fsp3) is 0. The molecule has 3 aromatic rings. The minimum Gasteiger partial charge on any atom is -0.478 e. The molecule has 7 heteroatoms. The lowest BCUT2D eigenvalue weighted by atomic mass is 10.1. The van der Waals surface area contributed by atoms with E-state index < -0.39 is 11.8 Å². The van der Waals surface area contributed by atoms with Crippen molar-refractivity contribution in [3.63, 3.8) is 0 Å². The van der Waals surface area contributed by atoms with Gasteiger partial charge in [0.1, 0.15) is 5.82 Å². The molecule has 1 heterocycles. The van der Waals surface area contributed by atoms with Crippen molar-refractivity contribution in [1.29, 1.82) is 0 Å². The third-order valence-corrected chi connectivity index (χ3v) is 3.56. The van der Waals surface area contributed by atoms with Crippen molar-refractivity contribution in [2.24, 2.45) is 0 Å². The second kappa shape index (κ2) is 6.67. The molecule has 1 aromatic heterocycles. The summed E-state index contributed by atoms with van der Waals surface area (Å²) in [4.78, 5) is 20.1. The van der Waals surface area contributed by atoms with Crippen LogP contribution in [0.5, 0.6) is 0 Å². The molecule has 0 unspecified atom stereocenters. The van der Waals surface area contributed by atoms with Crippen molar-refractivity contribution in [3.05, 3.63) is 66.2 Å². The van der Waals surface area contributed by atoms with Crippen molar-refractivity contribution >= 4 is 30.0 Å². The normalized spacial score (nSPS) is 10.4. The van der Waals surface area contributed by atoms with E-state index in [0.29, 0.717) is 21.8 Å². The number of hydrogen-bond acceptors (Lipinski definition) is 5. The van der Waals surface area contributed by atoms with Crippen LogP contribution in [-0.4, -0.2) is 21.0 Å². The van der Waals surface area contributed by atoms with Crippen LogP contribution in [0.4, 0.5) is 15.8 Å². The fourth-order valence-electron chi connectivity index (χ4n) is 2.15. The van der Waals surface area contributed by atoms with E-state index in [1.54, 1.807) is 30.3 Å². The van der Waals surface area contributed by atoms with Crippen LogP contribution in [0.25, 0.3) is 11.4 Å². The molecule has 0 radical (unpaired) electrons. The van der Waals surface area contributed by atoms with Gasteiger partial charge in [0.25, 0.3) is 0 Å². The fourth-order valence-corrected chi connectivity index (χ4v) is 2.35. The molecule has 2 aromatic carbocycles. The molecule has 0 aliphatic rings. The van der Waals surface area contributed by atoms with Crippen LogP contribution < -0.4 is 5.32 Å². The summed E-state index contributed by atoms with van der Waals surface area (Å²) in [5.74, 6) is -1.23. The maximum atomic E-state index is 13.7. The zero-order valence-corrected chi connectivity index (χ0v) is 13.2. The summed E-state index contributed by atoms with van der Waals surface area (Å²) in [6.07, 6.45) is 2.93. The molecule has 0 atom stereocenters. The highest BCUT2D eigenvalue weighted by molar-refractivity contribution is 7.80. The highest BCUT2D eigenvalue weighted by atomic mass is 32.1. The number of nitrogens with one attached hydrogen (secondary N) is 1. The minimum absolute atomic E-state index is 0.0840. The van der Waals surface area contributed by atoms with Crippen molar-refractivity contribution in [1.82, 2.24) is 9.97 Å². The first kappa shape index (κ1) is 15.9. The molecule has 0 fully saturated rings. The number of carboxylic acids is 1. The predicted molar refractivity (Wildman–Crippen MR) is 91.4 cm³/mol. The maximum Gasteiger partial charge on any atom is 0.337 e. The molecule has 0 spiro atoms. The van der Waals surface area contributed by atoms with E-state index in [-0.39, 0.29) is 11.4 Å². The molecule has 24 heavy (non-hydrogen) atoms. The molecule has 0 aliphatic heterocycles. The van der Waals surface area contributed by atoms with Gasteiger partial charge in [0, 0.05) is 4.90 Å². The lowest BCUT2D eigenvalue weighted by Gasteiger charge is -2.10. The zero-order valence-electron chi connectivity index (χ0n) is 12.3. The molecular weight excluding hydrogens is 329 g/mol. The van der Waals surface area contributed by atoms with Gasteiger partial charge in [-0.3, -0.25) is 0 Å². The zero-order chi connectivity index (χ0) is 17.1. The molecular formula is C17H12FN3O2S. The summed E-state index contributed by atoms with van der Waals surface area (Å²) >= 11 is 4.13. The average Bonchev–Trinajstić information content (AvgIpc) is 2.57. The number of carboxylic acid groups (broad SMARTS) is 1. The van der Waals surface area contributed by atoms with E-state index in [1.807, 2.05) is 0 Å². The lowest BCUT2D eigenvalue weighted by Crippen LogP contribution is -2.03. The summed E-state index contributed by atoms with van der Waals surface area (Å²) in [5.41, 5.74) is 1.27. The molecule has 0 saturated carbocycles. The van der Waals surface area contributed by atoms with E-state index in [9.17, 15) is 14.3 Å². The Labute approximate surface area is 142 Å². The van der Waals surface area contributed by atoms with Gasteiger partial charge in [0.15, 0.2) is 5.82 Å². The smallest absolute Gasteiger partial charge is 0.337 e. The van der Waals surface area contributed by atoms with Crippen molar-refractivity contribution < 1.29 is 14.3 Å². The first-order valence-electron chi connectivity index (χ1n) is 6.95. The number of nitrogens with zero attached hydrogens (tertiary/aromatic N) is 2. The van der Waals surface area contributed by atoms with Crippen molar-refractivity contribution in [2.75, 3.05) is 5.32 Å². The number of rotatable bonds is 4. The SMILES string of the molecule is O=C(O)c1cc(S)ccc1Nc1cnc(-c2ccccc2F)nc1. The van der Waals surface area contributed by atoms with Crippen LogP contribution >= 0.6 is 12.6 Å². The van der Waals surface area contributed by atoms with Crippen LogP contribution in [0.15, 0.2) is 59.8 Å². The number of thiol groups is 1. The number of anilines is 2. The Bertz CT molecular complexity index is 901. The Morgan fingerprint density at radius 1 is 1.12 bits per heavy atom. The number of benzene rings is 2. The van der Waals surface area contributed by atoms with Gasteiger partial charge in [-0.1, -0.05) is 12.1 Å². The van der Waals surface area contributed by atoms with Crippen LogP contribution in [0.3, 0.4) is 0 Å². The van der Waals surface area contributed by atoms with E-state index in [4.69, 9.17) is 0 Å². The number of aromatic carboxylic acids is 1. The summed E-state index contributed by atoms with van der Waals surface area (Å²) in [6, 6.07) is 10.9. The van der Waals surface area contributed by atoms with Gasteiger partial charge in [0.05, 0.1) is 34.9 Å². The highest BCUT2D eigenvalue weighted by Crippen LogP contribution is 2.24. The second-order valence-corrected chi connectivity index (χ2v) is 5.45. The predicted octanol–water partition coefficient (Wildman–Crippen LogP) is 4.01. The molecule has 0 aliphatic carbocycles. The van der Waals surface area contributed by atoms with Gasteiger partial charge in [-0.25, -0.2) is 19.2 Å². The number of hydrogen-bond donors (Lipinski definition) is 3. The number of aromatic nitrogens is 2. The van der Waals surface area contributed by atoms with Crippen LogP contribution in [0.2, 0.25) is 0 Å². The van der Waals surface area contributed by atoms with Crippen LogP contribution in [-0.2, 0) is 0 Å². The molecule has 3 rings (SSSR count). The Balaban J connectivity index is 1.88. The van der Waals surface area contributed by atoms with Crippen LogP contribution in [0, 0.1) is 5.82 Å². The van der Waals surface area contributed by atoms with Gasteiger partial charge >= 0.3 is 5.97 Å². The van der Waals surface area contributed by atoms with Gasteiger partial charge < -0.3 is 10.4 Å². The minimum atomic E-state index is -1.07.